The van der Waals surface area contributed by atoms with Gasteiger partial charge in [0, 0.05) is 0 Å². The summed E-state index contributed by atoms with van der Waals surface area (Å²) in [6.45, 7) is 1.95. The van der Waals surface area contributed by atoms with E-state index < -0.39 is 5.60 Å². The lowest BCUT2D eigenvalue weighted by molar-refractivity contribution is 0.0107. The first kappa shape index (κ1) is 7.56. The van der Waals surface area contributed by atoms with Crippen molar-refractivity contribution in [2.75, 3.05) is 0 Å². The van der Waals surface area contributed by atoms with Crippen molar-refractivity contribution in [1.29, 1.82) is 5.26 Å². The average molecular weight is 139 g/mol. The smallest absolute Gasteiger partial charge is 0.153 e. The summed E-state index contributed by atoms with van der Waals surface area (Å²) in [5.74, 6) is 0.159. The summed E-state index contributed by atoms with van der Waals surface area (Å²) in [4.78, 5) is 0. The van der Waals surface area contributed by atoms with E-state index in [4.69, 9.17) is 5.26 Å². The number of hydrogen-bond acceptors (Lipinski definition) is 2. The Morgan fingerprint density at radius 1 is 1.60 bits per heavy atom. The Bertz CT molecular complexity index is 161. The van der Waals surface area contributed by atoms with Gasteiger partial charge in [-0.3, -0.25) is 0 Å². The zero-order valence-electron chi connectivity index (χ0n) is 6.30. The first-order valence-electron chi connectivity index (χ1n) is 3.83. The highest BCUT2D eigenvalue weighted by atomic mass is 16.3. The number of nitrogens with zero attached hydrogens (tertiary/aromatic N) is 1. The highest BCUT2D eigenvalue weighted by Crippen LogP contribution is 2.32. The molecule has 1 fully saturated rings. The molecule has 1 N–H and O–H groups in total. The third-order valence-electron chi connectivity index (χ3n) is 2.45. The Kier molecular flexibility index (Phi) is 1.96. The van der Waals surface area contributed by atoms with E-state index in [0.717, 1.165) is 19.3 Å². The van der Waals surface area contributed by atoms with Crippen LogP contribution in [0.1, 0.15) is 32.6 Å². The molecule has 10 heavy (non-hydrogen) atoms. The Labute approximate surface area is 61.5 Å². The van der Waals surface area contributed by atoms with Crippen LogP contribution in [0.15, 0.2) is 0 Å². The zero-order valence-corrected chi connectivity index (χ0v) is 6.30. The van der Waals surface area contributed by atoms with Crippen molar-refractivity contribution in [3.63, 3.8) is 0 Å². The number of nitriles is 1. The maximum atomic E-state index is 9.59. The average Bonchev–Trinajstić information content (AvgIpc) is 1.96. The van der Waals surface area contributed by atoms with Crippen molar-refractivity contribution in [3.05, 3.63) is 0 Å². The van der Waals surface area contributed by atoms with E-state index in [9.17, 15) is 5.11 Å². The lowest BCUT2D eigenvalue weighted by Crippen LogP contribution is -2.37. The highest BCUT2D eigenvalue weighted by Gasteiger charge is 2.35. The second-order valence-electron chi connectivity index (χ2n) is 3.18. The quantitative estimate of drug-likeness (QED) is 0.516. The van der Waals surface area contributed by atoms with Crippen LogP contribution in [0.2, 0.25) is 0 Å². The fraction of sp³-hybridized carbons (Fsp3) is 0.875. The van der Waals surface area contributed by atoms with Crippen molar-refractivity contribution in [3.8, 4) is 6.07 Å². The third kappa shape index (κ3) is 1.15. The van der Waals surface area contributed by atoms with Gasteiger partial charge in [-0.15, -0.1) is 0 Å². The predicted molar refractivity (Wildman–Crippen MR) is 38.2 cm³/mol. The van der Waals surface area contributed by atoms with Gasteiger partial charge in [-0.25, -0.2) is 0 Å². The van der Waals surface area contributed by atoms with Crippen molar-refractivity contribution < 1.29 is 5.11 Å². The molecule has 2 atom stereocenters. The maximum absolute atomic E-state index is 9.59. The number of hydrogen-bond donors (Lipinski definition) is 1. The minimum atomic E-state index is -1.02. The van der Waals surface area contributed by atoms with Crippen molar-refractivity contribution >= 4 is 0 Å². The second-order valence-corrected chi connectivity index (χ2v) is 3.18. The molecule has 56 valence electrons. The molecule has 1 rings (SSSR count). The monoisotopic (exact) mass is 139 g/mol. The van der Waals surface area contributed by atoms with Crippen LogP contribution in [-0.2, 0) is 0 Å². The molecule has 2 nitrogen and oxygen atoms in total. The molecule has 1 aliphatic carbocycles. The van der Waals surface area contributed by atoms with Gasteiger partial charge in [0.15, 0.2) is 5.60 Å². The van der Waals surface area contributed by atoms with Crippen LogP contribution in [0.4, 0.5) is 0 Å². The van der Waals surface area contributed by atoms with E-state index in [1.54, 1.807) is 0 Å². The molecule has 1 saturated carbocycles. The summed E-state index contributed by atoms with van der Waals surface area (Å²) in [7, 11) is 0. The molecular weight excluding hydrogens is 126 g/mol. The van der Waals surface area contributed by atoms with Crippen molar-refractivity contribution in [2.24, 2.45) is 5.92 Å². The van der Waals surface area contributed by atoms with Gasteiger partial charge in [0.1, 0.15) is 0 Å². The molecule has 0 amide bonds. The van der Waals surface area contributed by atoms with Crippen LogP contribution < -0.4 is 0 Å². The summed E-state index contributed by atoms with van der Waals surface area (Å²) in [5.41, 5.74) is -1.02. The van der Waals surface area contributed by atoms with Crippen molar-refractivity contribution in [2.45, 2.75) is 38.2 Å². The Hall–Kier alpha value is -0.550. The topological polar surface area (TPSA) is 44.0 Å². The number of rotatable bonds is 0. The fourth-order valence-corrected chi connectivity index (χ4v) is 1.50. The van der Waals surface area contributed by atoms with E-state index >= 15 is 0 Å². The first-order valence-corrected chi connectivity index (χ1v) is 3.83. The van der Waals surface area contributed by atoms with Gasteiger partial charge in [-0.05, 0) is 25.2 Å². The largest absolute Gasteiger partial charge is 0.375 e. The van der Waals surface area contributed by atoms with Crippen molar-refractivity contribution in [1.82, 2.24) is 0 Å². The lowest BCUT2D eigenvalue weighted by atomic mass is 9.77. The predicted octanol–water partition coefficient (Wildman–Crippen LogP) is 1.45. The summed E-state index contributed by atoms with van der Waals surface area (Å²) in [6, 6.07) is 1.99. The zero-order chi connectivity index (χ0) is 7.61. The summed E-state index contributed by atoms with van der Waals surface area (Å²) >= 11 is 0. The van der Waals surface area contributed by atoms with Gasteiger partial charge < -0.3 is 5.11 Å². The molecule has 0 bridgehead atoms. The molecular formula is C8H13NO. The molecule has 0 radical (unpaired) electrons. The second kappa shape index (κ2) is 2.59. The minimum absolute atomic E-state index is 0.159. The third-order valence-corrected chi connectivity index (χ3v) is 2.45. The van der Waals surface area contributed by atoms with Crippen LogP contribution in [0.5, 0.6) is 0 Å². The lowest BCUT2D eigenvalue weighted by Gasteiger charge is -2.31. The van der Waals surface area contributed by atoms with Crippen LogP contribution in [0.25, 0.3) is 0 Å². The summed E-state index contributed by atoms with van der Waals surface area (Å²) in [6.07, 6.45) is 3.80. The minimum Gasteiger partial charge on any atom is -0.375 e. The maximum Gasteiger partial charge on any atom is 0.153 e. The van der Waals surface area contributed by atoms with Gasteiger partial charge in [0.05, 0.1) is 6.07 Å². The molecule has 0 unspecified atom stereocenters. The summed E-state index contributed by atoms with van der Waals surface area (Å²) in [5, 5.41) is 18.2. The molecule has 0 aliphatic heterocycles. The SMILES string of the molecule is C[C@H]1CCCC[C@]1(O)C#N. The molecule has 1 aliphatic rings. The van der Waals surface area contributed by atoms with Crippen LogP contribution in [-0.4, -0.2) is 10.7 Å². The van der Waals surface area contributed by atoms with Crippen LogP contribution >= 0.6 is 0 Å². The Morgan fingerprint density at radius 2 is 2.30 bits per heavy atom. The van der Waals surface area contributed by atoms with Gasteiger partial charge in [0.2, 0.25) is 0 Å². The molecule has 0 spiro atoms. The van der Waals surface area contributed by atoms with E-state index in [0.29, 0.717) is 6.42 Å². The molecule has 2 heteroatoms. The molecule has 0 saturated heterocycles. The van der Waals surface area contributed by atoms with E-state index in [1.807, 2.05) is 13.0 Å². The van der Waals surface area contributed by atoms with E-state index in [2.05, 4.69) is 0 Å². The van der Waals surface area contributed by atoms with Crippen LogP contribution in [0.3, 0.4) is 0 Å². The highest BCUT2D eigenvalue weighted by molar-refractivity contribution is 5.04. The van der Waals surface area contributed by atoms with Gasteiger partial charge in [-0.1, -0.05) is 13.3 Å². The van der Waals surface area contributed by atoms with Gasteiger partial charge in [-0.2, -0.15) is 5.26 Å². The van der Waals surface area contributed by atoms with E-state index in [1.165, 1.54) is 0 Å². The molecule has 0 aromatic rings. The van der Waals surface area contributed by atoms with Gasteiger partial charge >= 0.3 is 0 Å². The standard InChI is InChI=1S/C8H13NO/c1-7-4-2-3-5-8(7,10)6-9/h7,10H,2-5H2,1H3/t7-,8-/m0/s1. The summed E-state index contributed by atoms with van der Waals surface area (Å²) < 4.78 is 0. The normalized spacial score (nSPS) is 40.7. The van der Waals surface area contributed by atoms with Gasteiger partial charge in [0.25, 0.3) is 0 Å². The Morgan fingerprint density at radius 3 is 2.70 bits per heavy atom. The molecule has 0 aromatic carbocycles. The van der Waals surface area contributed by atoms with E-state index in [-0.39, 0.29) is 5.92 Å². The first-order chi connectivity index (χ1) is 4.69. The Balaban J connectivity index is 2.65. The fourth-order valence-electron chi connectivity index (χ4n) is 1.50. The number of aliphatic hydroxyl groups is 1. The van der Waals surface area contributed by atoms with Crippen LogP contribution in [0, 0.1) is 17.2 Å². The molecule has 0 heterocycles. The molecule has 0 aromatic heterocycles.